The van der Waals surface area contributed by atoms with E-state index in [1.807, 2.05) is 51.1 Å². The third kappa shape index (κ3) is 5.81. The highest BCUT2D eigenvalue weighted by Crippen LogP contribution is 2.26. The van der Waals surface area contributed by atoms with Crippen LogP contribution in [0.2, 0.25) is 0 Å². The van der Waals surface area contributed by atoms with Crippen molar-refractivity contribution in [1.29, 1.82) is 0 Å². The summed E-state index contributed by atoms with van der Waals surface area (Å²) >= 11 is 0. The zero-order valence-electron chi connectivity index (χ0n) is 20.0. The summed E-state index contributed by atoms with van der Waals surface area (Å²) in [4.78, 5) is 16.9. The van der Waals surface area contributed by atoms with E-state index in [1.165, 1.54) is 6.07 Å². The molecule has 35 heavy (non-hydrogen) atoms. The molecule has 0 saturated heterocycles. The topological polar surface area (TPSA) is 77.2 Å². The van der Waals surface area contributed by atoms with Crippen molar-refractivity contribution in [2.75, 3.05) is 6.61 Å². The molecule has 0 aliphatic heterocycles. The summed E-state index contributed by atoms with van der Waals surface area (Å²) in [5.74, 6) is 0.250. The number of carbonyl (C=O) groups excluding carboxylic acids is 1. The number of nitrogens with zero attached hydrogens (tertiary/aromatic N) is 3. The number of aryl methyl sites for hydroxylation is 1. The molecule has 0 aliphatic carbocycles. The number of hydrogen-bond acceptors (Lipinski definition) is 5. The molecule has 1 N–H and O–H groups in total. The Morgan fingerprint density at radius 1 is 1.00 bits per heavy atom. The average molecular weight is 474 g/mol. The van der Waals surface area contributed by atoms with Gasteiger partial charge in [0.2, 0.25) is 0 Å². The molecule has 0 aliphatic rings. The second kappa shape index (κ2) is 10.2. The Labute approximate surface area is 204 Å². The molecule has 6 nitrogen and oxygen atoms in total. The van der Waals surface area contributed by atoms with Gasteiger partial charge >= 0.3 is 0 Å². The van der Waals surface area contributed by atoms with Crippen LogP contribution < -0.4 is 4.74 Å². The first-order valence-corrected chi connectivity index (χ1v) is 11.4. The predicted molar refractivity (Wildman–Crippen MR) is 132 cm³/mol. The van der Waals surface area contributed by atoms with Gasteiger partial charge in [0.15, 0.2) is 0 Å². The van der Waals surface area contributed by atoms with E-state index in [0.717, 1.165) is 11.3 Å². The zero-order valence-corrected chi connectivity index (χ0v) is 20.0. The lowest BCUT2D eigenvalue weighted by Crippen LogP contribution is -2.22. The van der Waals surface area contributed by atoms with Gasteiger partial charge in [-0.15, -0.1) is 0 Å². The number of carbonyl (C=O) groups is 1. The van der Waals surface area contributed by atoms with Gasteiger partial charge in [-0.2, -0.15) is 5.10 Å². The van der Waals surface area contributed by atoms with Gasteiger partial charge in [-0.3, -0.25) is 9.78 Å². The van der Waals surface area contributed by atoms with Crippen LogP contribution in [0.1, 0.15) is 36.4 Å². The van der Waals surface area contributed by atoms with Crippen LogP contribution >= 0.6 is 0 Å². The Kier molecular flexibility index (Phi) is 7.07. The van der Waals surface area contributed by atoms with Crippen molar-refractivity contribution in [3.8, 4) is 17.2 Å². The smallest absolute Gasteiger partial charge is 0.143 e. The number of aliphatic hydroxyl groups excluding tert-OH is 1. The summed E-state index contributed by atoms with van der Waals surface area (Å²) in [5.41, 5.74) is 3.04. The number of aliphatic hydroxyl groups is 1. The minimum absolute atomic E-state index is 0.0564. The van der Waals surface area contributed by atoms with E-state index in [1.54, 1.807) is 41.3 Å². The van der Waals surface area contributed by atoms with E-state index in [0.29, 0.717) is 28.5 Å². The maximum atomic E-state index is 14.8. The van der Waals surface area contributed by atoms with Crippen LogP contribution in [0, 0.1) is 12.7 Å². The van der Waals surface area contributed by atoms with Crippen molar-refractivity contribution < 1.29 is 19.0 Å². The van der Waals surface area contributed by atoms with E-state index in [4.69, 9.17) is 9.84 Å². The van der Waals surface area contributed by atoms with Crippen LogP contribution in [0.4, 0.5) is 4.39 Å². The number of aromatic nitrogens is 3. The summed E-state index contributed by atoms with van der Waals surface area (Å²) in [5, 5.41) is 14.5. The number of halogens is 1. The number of ketones is 1. The molecule has 0 unspecified atom stereocenters. The summed E-state index contributed by atoms with van der Waals surface area (Å²) in [6.07, 6.45) is 3.20. The number of Topliss-reactive ketones (excluding diaryl/α,β-unsaturated/α-hetero) is 1. The lowest BCUT2D eigenvalue weighted by atomic mass is 9.90. The Balaban J connectivity index is 1.54. The molecule has 0 saturated carbocycles. The average Bonchev–Trinajstić information content (AvgIpc) is 3.26. The molecular weight excluding hydrogens is 445 g/mol. The molecule has 180 valence electrons. The standard InChI is InChI=1S/C28H28FN3O3/c1-19-4-7-21(8-5-19)32-22(16-27(31-32)28(2,3)18-33)15-23(34)14-20-6-9-25(17-26(20)29)35-24-10-12-30-13-11-24/h4-13,16-17,33H,14-15,18H2,1-3H3. The molecule has 0 spiro atoms. The highest BCUT2D eigenvalue weighted by atomic mass is 19.1. The zero-order chi connectivity index (χ0) is 25.0. The molecule has 0 radical (unpaired) electrons. The third-order valence-electron chi connectivity index (χ3n) is 5.83. The van der Waals surface area contributed by atoms with Gasteiger partial charge in [-0.05, 0) is 48.9 Å². The molecule has 2 aromatic heterocycles. The number of ether oxygens (including phenoxy) is 1. The van der Waals surface area contributed by atoms with E-state index in [-0.39, 0.29) is 25.2 Å². The number of rotatable bonds is 9. The van der Waals surface area contributed by atoms with Gasteiger partial charge in [0.05, 0.1) is 23.7 Å². The number of benzene rings is 2. The third-order valence-corrected chi connectivity index (χ3v) is 5.83. The van der Waals surface area contributed by atoms with E-state index >= 15 is 0 Å². The first-order chi connectivity index (χ1) is 16.7. The minimum atomic E-state index is -0.565. The van der Waals surface area contributed by atoms with Crippen molar-refractivity contribution in [1.82, 2.24) is 14.8 Å². The molecule has 0 fully saturated rings. The lowest BCUT2D eigenvalue weighted by Gasteiger charge is -2.18. The minimum Gasteiger partial charge on any atom is -0.457 e. The van der Waals surface area contributed by atoms with Gasteiger partial charge in [0.25, 0.3) is 0 Å². The molecule has 4 rings (SSSR count). The first kappa shape index (κ1) is 24.3. The Morgan fingerprint density at radius 3 is 2.37 bits per heavy atom. The van der Waals surface area contributed by atoms with Crippen LogP contribution in [0.3, 0.4) is 0 Å². The van der Waals surface area contributed by atoms with E-state index in [2.05, 4.69) is 4.98 Å². The largest absolute Gasteiger partial charge is 0.457 e. The summed E-state index contributed by atoms with van der Waals surface area (Å²) in [6.45, 7) is 5.71. The second-order valence-electron chi connectivity index (χ2n) is 9.24. The molecule has 2 heterocycles. The van der Waals surface area contributed by atoms with Crippen molar-refractivity contribution in [3.63, 3.8) is 0 Å². The Bertz CT molecular complexity index is 1320. The summed E-state index contributed by atoms with van der Waals surface area (Å²) in [6, 6.07) is 17.5. The second-order valence-corrected chi connectivity index (χ2v) is 9.24. The molecule has 4 aromatic rings. The van der Waals surface area contributed by atoms with Crippen LogP contribution in [0.15, 0.2) is 73.1 Å². The van der Waals surface area contributed by atoms with E-state index < -0.39 is 11.2 Å². The molecule has 7 heteroatoms. The Morgan fingerprint density at radius 2 is 1.71 bits per heavy atom. The van der Waals surface area contributed by atoms with Crippen molar-refractivity contribution in [2.45, 2.75) is 39.0 Å². The molecule has 2 aromatic carbocycles. The van der Waals surface area contributed by atoms with Crippen LogP contribution in [0.25, 0.3) is 5.69 Å². The molecule has 0 amide bonds. The normalized spacial score (nSPS) is 11.5. The van der Waals surface area contributed by atoms with Gasteiger partial charge in [0, 0.05) is 36.7 Å². The van der Waals surface area contributed by atoms with Crippen molar-refractivity contribution in [3.05, 3.63) is 101 Å². The SMILES string of the molecule is Cc1ccc(-n2nc(C(C)(C)CO)cc2CC(=O)Cc2ccc(Oc3ccncc3)cc2F)cc1. The fourth-order valence-electron chi connectivity index (χ4n) is 3.62. The maximum Gasteiger partial charge on any atom is 0.143 e. The number of hydrogen-bond donors (Lipinski definition) is 1. The quantitative estimate of drug-likeness (QED) is 0.365. The fourth-order valence-corrected chi connectivity index (χ4v) is 3.62. The summed E-state index contributed by atoms with van der Waals surface area (Å²) in [7, 11) is 0. The number of pyridine rings is 1. The molecule has 0 atom stereocenters. The maximum absolute atomic E-state index is 14.8. The Hall–Kier alpha value is -3.84. The molecular formula is C28H28FN3O3. The fraction of sp³-hybridized carbons (Fsp3) is 0.250. The van der Waals surface area contributed by atoms with Crippen molar-refractivity contribution >= 4 is 5.78 Å². The van der Waals surface area contributed by atoms with Gasteiger partial charge in [-0.25, -0.2) is 9.07 Å². The van der Waals surface area contributed by atoms with Gasteiger partial charge in [-0.1, -0.05) is 37.6 Å². The van der Waals surface area contributed by atoms with E-state index in [9.17, 15) is 14.3 Å². The van der Waals surface area contributed by atoms with Gasteiger partial charge < -0.3 is 9.84 Å². The molecule has 0 bridgehead atoms. The first-order valence-electron chi connectivity index (χ1n) is 11.4. The van der Waals surface area contributed by atoms with Gasteiger partial charge in [0.1, 0.15) is 23.1 Å². The van der Waals surface area contributed by atoms with Crippen LogP contribution in [-0.2, 0) is 23.1 Å². The van der Waals surface area contributed by atoms with Crippen LogP contribution in [-0.4, -0.2) is 32.3 Å². The monoisotopic (exact) mass is 473 g/mol. The highest BCUT2D eigenvalue weighted by molar-refractivity contribution is 5.83. The predicted octanol–water partition coefficient (Wildman–Crippen LogP) is 5.13. The summed E-state index contributed by atoms with van der Waals surface area (Å²) < 4.78 is 22.1. The highest BCUT2D eigenvalue weighted by Gasteiger charge is 2.25. The van der Waals surface area contributed by atoms with Crippen LogP contribution in [0.5, 0.6) is 11.5 Å². The van der Waals surface area contributed by atoms with Crippen molar-refractivity contribution in [2.24, 2.45) is 0 Å². The lowest BCUT2D eigenvalue weighted by molar-refractivity contribution is -0.117.